The molecule has 3 heterocycles. The van der Waals surface area contributed by atoms with Gasteiger partial charge in [-0.05, 0) is 23.9 Å². The smallest absolute Gasteiger partial charge is 0.171 e. The summed E-state index contributed by atoms with van der Waals surface area (Å²) >= 11 is 3.36. The van der Waals surface area contributed by atoms with Crippen LogP contribution in [0.25, 0.3) is 32.0 Å². The number of hydrogen-bond acceptors (Lipinski definition) is 4. The van der Waals surface area contributed by atoms with E-state index in [9.17, 15) is 0 Å². The fraction of sp³-hybridized carbons (Fsp3) is 0.0588. The first-order valence-corrected chi connectivity index (χ1v) is 8.44. The van der Waals surface area contributed by atoms with Gasteiger partial charge in [0.25, 0.3) is 0 Å². The molecule has 102 valence electrons. The van der Waals surface area contributed by atoms with Gasteiger partial charge >= 0.3 is 0 Å². The SMILES string of the molecule is Cc1nc(-c2cccs2)nc2scc(-c3ccccc3)c12. The molecule has 21 heavy (non-hydrogen) atoms. The largest absolute Gasteiger partial charge is 0.232 e. The second kappa shape index (κ2) is 5.06. The van der Waals surface area contributed by atoms with Crippen molar-refractivity contribution < 1.29 is 0 Å². The average molecular weight is 308 g/mol. The standard InChI is InChI=1S/C17H12N2S2/c1-11-15-13(12-6-3-2-4-7-12)10-21-17(15)19-16(18-11)14-8-5-9-20-14/h2-10H,1H3. The van der Waals surface area contributed by atoms with Crippen LogP contribution < -0.4 is 0 Å². The van der Waals surface area contributed by atoms with Crippen molar-refractivity contribution >= 4 is 32.9 Å². The van der Waals surface area contributed by atoms with Crippen molar-refractivity contribution in [3.63, 3.8) is 0 Å². The molecule has 4 aromatic rings. The monoisotopic (exact) mass is 308 g/mol. The third-order valence-corrected chi connectivity index (χ3v) is 5.18. The van der Waals surface area contributed by atoms with Crippen molar-refractivity contribution in [2.45, 2.75) is 6.92 Å². The van der Waals surface area contributed by atoms with E-state index in [1.165, 1.54) is 16.5 Å². The van der Waals surface area contributed by atoms with Crippen LogP contribution in [0.2, 0.25) is 0 Å². The van der Waals surface area contributed by atoms with Crippen molar-refractivity contribution in [1.29, 1.82) is 0 Å². The number of fused-ring (bicyclic) bond motifs is 1. The maximum atomic E-state index is 4.74. The third-order valence-electron chi connectivity index (χ3n) is 3.44. The minimum Gasteiger partial charge on any atom is -0.232 e. The summed E-state index contributed by atoms with van der Waals surface area (Å²) in [5.41, 5.74) is 3.49. The summed E-state index contributed by atoms with van der Waals surface area (Å²) in [7, 11) is 0. The van der Waals surface area contributed by atoms with Crippen LogP contribution in [0.15, 0.2) is 53.2 Å². The van der Waals surface area contributed by atoms with Gasteiger partial charge in [-0.25, -0.2) is 9.97 Å². The van der Waals surface area contributed by atoms with Crippen LogP contribution >= 0.6 is 22.7 Å². The van der Waals surface area contributed by atoms with Crippen LogP contribution in [0.3, 0.4) is 0 Å². The lowest BCUT2D eigenvalue weighted by Gasteiger charge is -2.04. The summed E-state index contributed by atoms with van der Waals surface area (Å²) in [5, 5.41) is 5.41. The summed E-state index contributed by atoms with van der Waals surface area (Å²) in [6.45, 7) is 2.07. The van der Waals surface area contributed by atoms with E-state index < -0.39 is 0 Å². The van der Waals surface area contributed by atoms with Crippen molar-refractivity contribution in [3.05, 3.63) is 58.9 Å². The van der Waals surface area contributed by atoms with E-state index in [1.807, 2.05) is 12.1 Å². The molecule has 0 N–H and O–H groups in total. The van der Waals surface area contributed by atoms with E-state index in [-0.39, 0.29) is 0 Å². The predicted molar refractivity (Wildman–Crippen MR) is 90.9 cm³/mol. The van der Waals surface area contributed by atoms with Crippen LogP contribution in [0.1, 0.15) is 5.69 Å². The molecule has 2 nitrogen and oxygen atoms in total. The van der Waals surface area contributed by atoms with E-state index >= 15 is 0 Å². The number of aryl methyl sites for hydroxylation is 1. The third kappa shape index (κ3) is 2.17. The Morgan fingerprint density at radius 1 is 0.905 bits per heavy atom. The van der Waals surface area contributed by atoms with Crippen LogP contribution in [-0.4, -0.2) is 9.97 Å². The van der Waals surface area contributed by atoms with Crippen LogP contribution in [0, 0.1) is 6.92 Å². The molecule has 0 saturated carbocycles. The van der Waals surface area contributed by atoms with Crippen molar-refractivity contribution in [2.75, 3.05) is 0 Å². The molecule has 3 aromatic heterocycles. The lowest BCUT2D eigenvalue weighted by Crippen LogP contribution is -1.91. The first-order valence-electron chi connectivity index (χ1n) is 6.68. The molecule has 0 atom stereocenters. The quantitative estimate of drug-likeness (QED) is 0.496. The fourth-order valence-corrected chi connectivity index (χ4v) is 4.12. The van der Waals surface area contributed by atoms with E-state index in [1.54, 1.807) is 22.7 Å². The zero-order valence-corrected chi connectivity index (χ0v) is 13.0. The van der Waals surface area contributed by atoms with E-state index in [0.29, 0.717) is 0 Å². The van der Waals surface area contributed by atoms with Gasteiger partial charge in [0.15, 0.2) is 5.82 Å². The summed E-state index contributed by atoms with van der Waals surface area (Å²) in [6, 6.07) is 14.5. The molecule has 0 aliphatic carbocycles. The molecule has 0 saturated heterocycles. The molecule has 4 heteroatoms. The summed E-state index contributed by atoms with van der Waals surface area (Å²) in [4.78, 5) is 11.6. The van der Waals surface area contributed by atoms with Gasteiger partial charge in [0.05, 0.1) is 10.6 Å². The van der Waals surface area contributed by atoms with Crippen molar-refractivity contribution in [3.8, 4) is 21.8 Å². The Hall–Kier alpha value is -2.04. The molecule has 4 rings (SSSR count). The Morgan fingerprint density at radius 3 is 2.52 bits per heavy atom. The van der Waals surface area contributed by atoms with Crippen LogP contribution in [-0.2, 0) is 0 Å². The molecule has 0 radical (unpaired) electrons. The summed E-state index contributed by atoms with van der Waals surface area (Å²) in [5.74, 6) is 0.830. The van der Waals surface area contributed by atoms with E-state index in [0.717, 1.165) is 21.2 Å². The average Bonchev–Trinajstić information content (AvgIpc) is 3.17. The zero-order chi connectivity index (χ0) is 14.2. The van der Waals surface area contributed by atoms with Gasteiger partial charge in [-0.15, -0.1) is 22.7 Å². The molecular weight excluding hydrogens is 296 g/mol. The second-order valence-electron chi connectivity index (χ2n) is 4.81. The van der Waals surface area contributed by atoms with Crippen molar-refractivity contribution in [2.24, 2.45) is 0 Å². The van der Waals surface area contributed by atoms with Gasteiger partial charge < -0.3 is 0 Å². The highest BCUT2D eigenvalue weighted by Crippen LogP contribution is 2.36. The zero-order valence-electron chi connectivity index (χ0n) is 11.4. The molecule has 0 fully saturated rings. The fourth-order valence-electron chi connectivity index (χ4n) is 2.46. The molecule has 0 bridgehead atoms. The Kier molecular flexibility index (Phi) is 3.05. The highest BCUT2D eigenvalue weighted by molar-refractivity contribution is 7.17. The van der Waals surface area contributed by atoms with E-state index in [2.05, 4.69) is 48.0 Å². The van der Waals surface area contributed by atoms with Crippen LogP contribution in [0.4, 0.5) is 0 Å². The molecule has 1 aromatic carbocycles. The minimum absolute atomic E-state index is 0.830. The molecule has 0 aliphatic heterocycles. The van der Waals surface area contributed by atoms with Gasteiger partial charge in [0, 0.05) is 16.3 Å². The van der Waals surface area contributed by atoms with Gasteiger partial charge in [0.1, 0.15) is 4.83 Å². The number of thiophene rings is 2. The Labute approximate surface area is 130 Å². The first kappa shape index (κ1) is 12.7. The highest BCUT2D eigenvalue weighted by atomic mass is 32.1. The van der Waals surface area contributed by atoms with Gasteiger partial charge in [-0.2, -0.15) is 0 Å². The Morgan fingerprint density at radius 2 is 1.76 bits per heavy atom. The number of aromatic nitrogens is 2. The number of benzene rings is 1. The van der Waals surface area contributed by atoms with Gasteiger partial charge in [-0.1, -0.05) is 36.4 Å². The lowest BCUT2D eigenvalue weighted by molar-refractivity contribution is 1.18. The maximum absolute atomic E-state index is 4.74. The topological polar surface area (TPSA) is 25.8 Å². The number of nitrogens with zero attached hydrogens (tertiary/aromatic N) is 2. The molecule has 0 amide bonds. The molecular formula is C17H12N2S2. The summed E-state index contributed by atoms with van der Waals surface area (Å²) < 4.78 is 0. The molecule has 0 spiro atoms. The van der Waals surface area contributed by atoms with Crippen LogP contribution in [0.5, 0.6) is 0 Å². The molecule has 0 unspecified atom stereocenters. The summed E-state index contributed by atoms with van der Waals surface area (Å²) in [6.07, 6.45) is 0. The van der Waals surface area contributed by atoms with Gasteiger partial charge in [-0.3, -0.25) is 0 Å². The van der Waals surface area contributed by atoms with E-state index in [4.69, 9.17) is 9.97 Å². The predicted octanol–water partition coefficient (Wildman–Crippen LogP) is 5.40. The maximum Gasteiger partial charge on any atom is 0.171 e. The first-order chi connectivity index (χ1) is 10.3. The molecule has 0 aliphatic rings. The van der Waals surface area contributed by atoms with Gasteiger partial charge in [0.2, 0.25) is 0 Å². The second-order valence-corrected chi connectivity index (χ2v) is 6.61. The Bertz CT molecular complexity index is 893. The van der Waals surface area contributed by atoms with Crippen molar-refractivity contribution in [1.82, 2.24) is 9.97 Å². The lowest BCUT2D eigenvalue weighted by atomic mass is 10.1. The highest BCUT2D eigenvalue weighted by Gasteiger charge is 2.13. The normalized spacial score (nSPS) is 11.1. The number of hydrogen-bond donors (Lipinski definition) is 0. The number of rotatable bonds is 2. The minimum atomic E-state index is 0.830. The Balaban J connectivity index is 1.94.